The maximum Gasteiger partial charge on any atom is 0.387 e. The molecule has 0 atom stereocenters. The van der Waals surface area contributed by atoms with Crippen LogP contribution in [0.15, 0.2) is 24.3 Å². The second-order valence-corrected chi connectivity index (χ2v) is 6.01. The number of amides is 1. The van der Waals surface area contributed by atoms with Gasteiger partial charge in [0.2, 0.25) is 5.91 Å². The standard InChI is InChI=1S/C17H24F2N2O2/c1-21(14-5-3-2-4-6-14)12-16(22)20-11-13-7-9-15(10-8-13)23-17(18)19/h7-10,14,17H,2-6,11-12H2,1H3,(H,20,22). The molecule has 1 aliphatic rings. The molecule has 0 bridgehead atoms. The van der Waals surface area contributed by atoms with Crippen LogP contribution in [0.3, 0.4) is 0 Å². The average molecular weight is 326 g/mol. The smallest absolute Gasteiger partial charge is 0.387 e. The van der Waals surface area contributed by atoms with Gasteiger partial charge in [-0.3, -0.25) is 9.69 Å². The quantitative estimate of drug-likeness (QED) is 0.837. The van der Waals surface area contributed by atoms with E-state index in [0.29, 0.717) is 19.1 Å². The SMILES string of the molecule is CN(CC(=O)NCc1ccc(OC(F)F)cc1)C1CCCCC1. The normalized spacial score (nSPS) is 15.9. The van der Waals surface area contributed by atoms with Crippen molar-refractivity contribution in [3.05, 3.63) is 29.8 Å². The van der Waals surface area contributed by atoms with Gasteiger partial charge in [0.1, 0.15) is 5.75 Å². The maximum absolute atomic E-state index is 12.1. The van der Waals surface area contributed by atoms with Crippen LogP contribution in [0.25, 0.3) is 0 Å². The van der Waals surface area contributed by atoms with Gasteiger partial charge >= 0.3 is 6.61 Å². The summed E-state index contributed by atoms with van der Waals surface area (Å²) in [4.78, 5) is 14.1. The van der Waals surface area contributed by atoms with Gasteiger partial charge in [0.25, 0.3) is 0 Å². The minimum Gasteiger partial charge on any atom is -0.435 e. The zero-order valence-corrected chi connectivity index (χ0v) is 13.4. The Balaban J connectivity index is 1.73. The molecule has 1 aromatic rings. The van der Waals surface area contributed by atoms with Gasteiger partial charge in [-0.2, -0.15) is 8.78 Å². The summed E-state index contributed by atoms with van der Waals surface area (Å²) < 4.78 is 28.4. The molecule has 0 radical (unpaired) electrons. The van der Waals surface area contributed by atoms with E-state index in [1.54, 1.807) is 12.1 Å². The summed E-state index contributed by atoms with van der Waals surface area (Å²) >= 11 is 0. The van der Waals surface area contributed by atoms with Crippen LogP contribution in [0.4, 0.5) is 8.78 Å². The maximum atomic E-state index is 12.1. The lowest BCUT2D eigenvalue weighted by molar-refractivity contribution is -0.122. The summed E-state index contributed by atoms with van der Waals surface area (Å²) in [6.07, 6.45) is 6.10. The molecule has 0 aromatic heterocycles. The molecule has 0 heterocycles. The van der Waals surface area contributed by atoms with Gasteiger partial charge < -0.3 is 10.1 Å². The molecule has 1 aromatic carbocycles. The van der Waals surface area contributed by atoms with Gasteiger partial charge in [0.15, 0.2) is 0 Å². The summed E-state index contributed by atoms with van der Waals surface area (Å²) in [6.45, 7) is -2.06. The lowest BCUT2D eigenvalue weighted by Crippen LogP contribution is -2.41. The third-order valence-electron chi connectivity index (χ3n) is 4.23. The minimum atomic E-state index is -2.82. The van der Waals surface area contributed by atoms with Gasteiger partial charge in [-0.15, -0.1) is 0 Å². The highest BCUT2D eigenvalue weighted by molar-refractivity contribution is 5.78. The van der Waals surface area contributed by atoms with Crippen LogP contribution in [0.2, 0.25) is 0 Å². The van der Waals surface area contributed by atoms with Crippen LogP contribution in [-0.2, 0) is 11.3 Å². The van der Waals surface area contributed by atoms with E-state index in [0.717, 1.165) is 18.4 Å². The Morgan fingerprint density at radius 3 is 2.52 bits per heavy atom. The van der Waals surface area contributed by atoms with Crippen LogP contribution < -0.4 is 10.1 Å². The molecule has 0 saturated heterocycles. The number of ether oxygens (including phenoxy) is 1. The summed E-state index contributed by atoms with van der Waals surface area (Å²) in [6, 6.07) is 6.79. The van der Waals surface area contributed by atoms with Crippen molar-refractivity contribution >= 4 is 5.91 Å². The number of halogens is 2. The van der Waals surface area contributed by atoms with Gasteiger partial charge in [-0.05, 0) is 37.6 Å². The predicted octanol–water partition coefficient (Wildman–Crippen LogP) is 3.17. The van der Waals surface area contributed by atoms with Crippen molar-refractivity contribution in [3.8, 4) is 5.75 Å². The number of nitrogens with zero attached hydrogens (tertiary/aromatic N) is 1. The number of nitrogens with one attached hydrogen (secondary N) is 1. The molecule has 0 unspecified atom stereocenters. The number of carbonyl (C=O) groups excluding carboxylic acids is 1. The molecule has 0 aliphatic heterocycles. The number of hydrogen-bond donors (Lipinski definition) is 1. The lowest BCUT2D eigenvalue weighted by atomic mass is 9.94. The van der Waals surface area contributed by atoms with Crippen molar-refractivity contribution in [1.29, 1.82) is 0 Å². The van der Waals surface area contributed by atoms with Crippen LogP contribution in [0.5, 0.6) is 5.75 Å². The highest BCUT2D eigenvalue weighted by atomic mass is 19.3. The first-order valence-electron chi connectivity index (χ1n) is 8.05. The number of carbonyl (C=O) groups is 1. The van der Waals surface area contributed by atoms with E-state index in [-0.39, 0.29) is 11.7 Å². The van der Waals surface area contributed by atoms with Crippen molar-refractivity contribution in [1.82, 2.24) is 10.2 Å². The molecule has 1 amide bonds. The fraction of sp³-hybridized carbons (Fsp3) is 0.588. The minimum absolute atomic E-state index is 0.0222. The average Bonchev–Trinajstić information content (AvgIpc) is 2.54. The second-order valence-electron chi connectivity index (χ2n) is 6.01. The first kappa shape index (κ1) is 17.7. The largest absolute Gasteiger partial charge is 0.435 e. The fourth-order valence-electron chi connectivity index (χ4n) is 2.92. The van der Waals surface area contributed by atoms with Crippen LogP contribution >= 0.6 is 0 Å². The van der Waals surface area contributed by atoms with Crippen LogP contribution in [0.1, 0.15) is 37.7 Å². The second kappa shape index (κ2) is 8.82. The topological polar surface area (TPSA) is 41.6 Å². The Labute approximate surface area is 135 Å². The third-order valence-corrected chi connectivity index (χ3v) is 4.23. The van der Waals surface area contributed by atoms with E-state index in [1.165, 1.54) is 31.4 Å². The number of likely N-dealkylation sites (N-methyl/N-ethyl adjacent to an activating group) is 1. The van der Waals surface area contributed by atoms with Gasteiger partial charge in [-0.1, -0.05) is 31.4 Å². The van der Waals surface area contributed by atoms with Crippen molar-refractivity contribution < 1.29 is 18.3 Å². The van der Waals surface area contributed by atoms with E-state index in [1.807, 2.05) is 7.05 Å². The Bertz CT molecular complexity index is 488. The molecule has 4 nitrogen and oxygen atoms in total. The van der Waals surface area contributed by atoms with E-state index in [4.69, 9.17) is 0 Å². The monoisotopic (exact) mass is 326 g/mol. The van der Waals surface area contributed by atoms with Gasteiger partial charge in [-0.25, -0.2) is 0 Å². The van der Waals surface area contributed by atoms with E-state index < -0.39 is 6.61 Å². The first-order valence-corrected chi connectivity index (χ1v) is 8.05. The highest BCUT2D eigenvalue weighted by Crippen LogP contribution is 2.21. The Morgan fingerprint density at radius 2 is 1.91 bits per heavy atom. The summed E-state index contributed by atoms with van der Waals surface area (Å²) in [5, 5.41) is 2.86. The summed E-state index contributed by atoms with van der Waals surface area (Å²) in [5.74, 6) is 0.0955. The molecule has 128 valence electrons. The molecule has 1 fully saturated rings. The number of hydrogen-bond acceptors (Lipinski definition) is 3. The van der Waals surface area contributed by atoms with Gasteiger partial charge in [0.05, 0.1) is 6.54 Å². The number of alkyl halides is 2. The van der Waals surface area contributed by atoms with E-state index >= 15 is 0 Å². The molecular formula is C17H24F2N2O2. The summed E-state index contributed by atoms with van der Waals surface area (Å²) in [7, 11) is 1.99. The van der Waals surface area contributed by atoms with Crippen LogP contribution in [-0.4, -0.2) is 37.1 Å². The van der Waals surface area contributed by atoms with Crippen molar-refractivity contribution in [2.45, 2.75) is 51.3 Å². The predicted molar refractivity (Wildman–Crippen MR) is 84.4 cm³/mol. The van der Waals surface area contributed by atoms with E-state index in [9.17, 15) is 13.6 Å². The zero-order valence-electron chi connectivity index (χ0n) is 13.4. The highest BCUT2D eigenvalue weighted by Gasteiger charge is 2.19. The van der Waals surface area contributed by atoms with Crippen molar-refractivity contribution in [2.75, 3.05) is 13.6 Å². The van der Waals surface area contributed by atoms with E-state index in [2.05, 4.69) is 15.0 Å². The molecule has 1 aliphatic carbocycles. The van der Waals surface area contributed by atoms with Crippen LogP contribution in [0, 0.1) is 0 Å². The molecule has 0 spiro atoms. The zero-order chi connectivity index (χ0) is 16.7. The lowest BCUT2D eigenvalue weighted by Gasteiger charge is -2.30. The molecule has 2 rings (SSSR count). The molecule has 23 heavy (non-hydrogen) atoms. The fourth-order valence-corrected chi connectivity index (χ4v) is 2.92. The summed E-state index contributed by atoms with van der Waals surface area (Å²) in [5.41, 5.74) is 0.847. The van der Waals surface area contributed by atoms with Crippen molar-refractivity contribution in [2.24, 2.45) is 0 Å². The number of rotatable bonds is 7. The molecule has 1 saturated carbocycles. The van der Waals surface area contributed by atoms with Crippen molar-refractivity contribution in [3.63, 3.8) is 0 Å². The third kappa shape index (κ3) is 6.14. The first-order chi connectivity index (χ1) is 11.0. The Kier molecular flexibility index (Phi) is 6.77. The number of benzene rings is 1. The Morgan fingerprint density at radius 1 is 1.26 bits per heavy atom. The van der Waals surface area contributed by atoms with Gasteiger partial charge in [0, 0.05) is 12.6 Å². The molecule has 1 N–H and O–H groups in total. The molecule has 6 heteroatoms. The molecular weight excluding hydrogens is 302 g/mol. The Hall–Kier alpha value is -1.69.